The molecule has 0 bridgehead atoms. The molecule has 0 radical (unpaired) electrons. The summed E-state index contributed by atoms with van der Waals surface area (Å²) in [6, 6.07) is 6.36. The van der Waals surface area contributed by atoms with Gasteiger partial charge in [-0.25, -0.2) is 0 Å². The summed E-state index contributed by atoms with van der Waals surface area (Å²) in [5.74, 6) is -0.250. The van der Waals surface area contributed by atoms with Gasteiger partial charge in [-0.1, -0.05) is 12.1 Å². The van der Waals surface area contributed by atoms with E-state index < -0.39 is 6.61 Å². The minimum absolute atomic E-state index is 0.0628. The Bertz CT molecular complexity index is 610. The number of halogens is 2. The van der Waals surface area contributed by atoms with Crippen molar-refractivity contribution in [1.82, 2.24) is 5.32 Å². The molecule has 0 spiro atoms. The fraction of sp³-hybridized carbons (Fsp3) is 0.579. The molecular formula is C19H27F2N2O4+. The van der Waals surface area contributed by atoms with Crippen LogP contribution in [0.2, 0.25) is 0 Å². The van der Waals surface area contributed by atoms with Gasteiger partial charge in [0.05, 0.1) is 19.7 Å². The largest absolute Gasteiger partial charge is 0.466 e. The van der Waals surface area contributed by atoms with Crippen LogP contribution in [0.15, 0.2) is 24.3 Å². The molecule has 1 amide bonds. The SMILES string of the molecule is CCOC(=O)[C@@H]1CCC[NH+](CC(=O)NCCc2ccc(OC(F)F)cc2)C1. The third-order valence-electron chi connectivity index (χ3n) is 4.53. The van der Waals surface area contributed by atoms with E-state index in [2.05, 4.69) is 10.1 Å². The summed E-state index contributed by atoms with van der Waals surface area (Å²) in [5.41, 5.74) is 0.921. The van der Waals surface area contributed by atoms with Crippen LogP contribution in [0.4, 0.5) is 8.78 Å². The highest BCUT2D eigenvalue weighted by Crippen LogP contribution is 2.15. The van der Waals surface area contributed by atoms with E-state index >= 15 is 0 Å². The number of quaternary nitrogens is 1. The van der Waals surface area contributed by atoms with Gasteiger partial charge >= 0.3 is 12.6 Å². The second-order valence-electron chi connectivity index (χ2n) is 6.59. The van der Waals surface area contributed by atoms with Crippen LogP contribution in [0, 0.1) is 5.92 Å². The molecule has 27 heavy (non-hydrogen) atoms. The number of likely N-dealkylation sites (tertiary alicyclic amines) is 1. The lowest BCUT2D eigenvalue weighted by Gasteiger charge is -2.28. The number of piperidine rings is 1. The first-order valence-electron chi connectivity index (χ1n) is 9.28. The van der Waals surface area contributed by atoms with Crippen LogP contribution in [0.3, 0.4) is 0 Å². The predicted octanol–water partition coefficient (Wildman–Crippen LogP) is 0.805. The number of esters is 1. The number of benzene rings is 1. The number of hydrogen-bond acceptors (Lipinski definition) is 4. The molecule has 1 saturated heterocycles. The Kier molecular flexibility index (Phi) is 8.44. The topological polar surface area (TPSA) is 69.1 Å². The fourth-order valence-corrected chi connectivity index (χ4v) is 3.25. The van der Waals surface area contributed by atoms with Crippen molar-refractivity contribution in [3.05, 3.63) is 29.8 Å². The molecule has 2 rings (SSSR count). The first kappa shape index (κ1) is 21.1. The molecule has 2 atom stereocenters. The highest BCUT2D eigenvalue weighted by Gasteiger charge is 2.30. The van der Waals surface area contributed by atoms with E-state index in [0.29, 0.717) is 32.7 Å². The number of ether oxygens (including phenoxy) is 2. The minimum atomic E-state index is -2.84. The monoisotopic (exact) mass is 385 g/mol. The molecule has 1 heterocycles. The van der Waals surface area contributed by atoms with Crippen molar-refractivity contribution in [2.45, 2.75) is 32.8 Å². The standard InChI is InChI=1S/C19H26F2N2O4/c1-2-26-18(25)15-4-3-11-23(12-15)13-17(24)22-10-9-14-5-7-16(8-6-14)27-19(20)21/h5-8,15,19H,2-4,9-13H2,1H3,(H,22,24)/p+1/t15-/m1/s1. The summed E-state index contributed by atoms with van der Waals surface area (Å²) in [7, 11) is 0. The molecule has 1 aromatic rings. The van der Waals surface area contributed by atoms with E-state index in [0.717, 1.165) is 29.8 Å². The highest BCUT2D eigenvalue weighted by molar-refractivity contribution is 5.77. The average molecular weight is 385 g/mol. The number of amides is 1. The maximum atomic E-state index is 12.1. The lowest BCUT2D eigenvalue weighted by molar-refractivity contribution is -0.899. The molecule has 0 aliphatic carbocycles. The fourth-order valence-electron chi connectivity index (χ4n) is 3.25. The molecule has 0 aromatic heterocycles. The van der Waals surface area contributed by atoms with Gasteiger partial charge in [0.25, 0.3) is 5.91 Å². The molecule has 6 nitrogen and oxygen atoms in total. The number of carbonyl (C=O) groups excluding carboxylic acids is 2. The number of rotatable bonds is 9. The van der Waals surface area contributed by atoms with Crippen LogP contribution >= 0.6 is 0 Å². The summed E-state index contributed by atoms with van der Waals surface area (Å²) in [4.78, 5) is 25.1. The molecule has 150 valence electrons. The quantitative estimate of drug-likeness (QED) is 0.617. The first-order valence-corrected chi connectivity index (χ1v) is 9.28. The normalized spacial score (nSPS) is 19.6. The van der Waals surface area contributed by atoms with E-state index in [4.69, 9.17) is 4.74 Å². The predicted molar refractivity (Wildman–Crippen MR) is 94.7 cm³/mol. The van der Waals surface area contributed by atoms with Crippen molar-refractivity contribution in [3.63, 3.8) is 0 Å². The van der Waals surface area contributed by atoms with Gasteiger partial charge in [0, 0.05) is 6.54 Å². The van der Waals surface area contributed by atoms with Crippen LogP contribution in [0.1, 0.15) is 25.3 Å². The molecule has 0 saturated carbocycles. The van der Waals surface area contributed by atoms with Crippen molar-refractivity contribution in [3.8, 4) is 5.75 Å². The zero-order chi connectivity index (χ0) is 19.6. The smallest absolute Gasteiger partial charge is 0.387 e. The molecule has 1 aromatic carbocycles. The van der Waals surface area contributed by atoms with Crippen LogP contribution in [-0.4, -0.2) is 51.3 Å². The summed E-state index contributed by atoms with van der Waals surface area (Å²) in [6.45, 7) is 1.61. The number of hydrogen-bond donors (Lipinski definition) is 2. The van der Waals surface area contributed by atoms with Gasteiger partial charge in [0.2, 0.25) is 0 Å². The highest BCUT2D eigenvalue weighted by atomic mass is 19.3. The van der Waals surface area contributed by atoms with Gasteiger partial charge in [0.15, 0.2) is 6.54 Å². The van der Waals surface area contributed by atoms with Gasteiger partial charge in [-0.2, -0.15) is 8.78 Å². The lowest BCUT2D eigenvalue weighted by atomic mass is 9.98. The van der Waals surface area contributed by atoms with Crippen LogP contribution in [-0.2, 0) is 20.7 Å². The van der Waals surface area contributed by atoms with Gasteiger partial charge in [-0.15, -0.1) is 0 Å². The zero-order valence-corrected chi connectivity index (χ0v) is 15.5. The van der Waals surface area contributed by atoms with Crippen molar-refractivity contribution in [1.29, 1.82) is 0 Å². The van der Waals surface area contributed by atoms with Crippen LogP contribution in [0.25, 0.3) is 0 Å². The average Bonchev–Trinajstić information content (AvgIpc) is 2.63. The molecular weight excluding hydrogens is 358 g/mol. The van der Waals surface area contributed by atoms with Gasteiger partial charge in [-0.3, -0.25) is 9.59 Å². The first-order chi connectivity index (χ1) is 13.0. The molecule has 2 N–H and O–H groups in total. The van der Waals surface area contributed by atoms with E-state index in [1.165, 1.54) is 12.1 Å². The Morgan fingerprint density at radius 2 is 2.04 bits per heavy atom. The molecule has 1 unspecified atom stereocenters. The van der Waals surface area contributed by atoms with Crippen molar-refractivity contribution >= 4 is 11.9 Å². The minimum Gasteiger partial charge on any atom is -0.466 e. The lowest BCUT2D eigenvalue weighted by Crippen LogP contribution is -3.14. The molecule has 8 heteroatoms. The van der Waals surface area contributed by atoms with Gasteiger partial charge < -0.3 is 19.7 Å². The maximum Gasteiger partial charge on any atom is 0.387 e. The number of alkyl halides is 2. The van der Waals surface area contributed by atoms with Gasteiger partial charge in [0.1, 0.15) is 11.7 Å². The third kappa shape index (κ3) is 7.50. The van der Waals surface area contributed by atoms with Gasteiger partial charge in [-0.05, 0) is 43.9 Å². The molecule has 1 aliphatic rings. The maximum absolute atomic E-state index is 12.1. The Morgan fingerprint density at radius 3 is 2.70 bits per heavy atom. The third-order valence-corrected chi connectivity index (χ3v) is 4.53. The van der Waals surface area contributed by atoms with E-state index in [1.54, 1.807) is 19.1 Å². The Labute approximate surface area is 157 Å². The van der Waals surface area contributed by atoms with Crippen LogP contribution in [0.5, 0.6) is 5.75 Å². The van der Waals surface area contributed by atoms with E-state index in [9.17, 15) is 18.4 Å². The van der Waals surface area contributed by atoms with Crippen molar-refractivity contribution in [2.75, 3.05) is 32.8 Å². The summed E-state index contributed by atoms with van der Waals surface area (Å²) >= 11 is 0. The van der Waals surface area contributed by atoms with E-state index in [1.807, 2.05) is 0 Å². The second-order valence-corrected chi connectivity index (χ2v) is 6.59. The number of carbonyl (C=O) groups is 2. The summed E-state index contributed by atoms with van der Waals surface area (Å²) in [5, 5.41) is 2.87. The Balaban J connectivity index is 1.69. The Morgan fingerprint density at radius 1 is 1.30 bits per heavy atom. The van der Waals surface area contributed by atoms with Crippen molar-refractivity contribution < 1.29 is 32.7 Å². The summed E-state index contributed by atoms with van der Waals surface area (Å²) < 4.78 is 33.6. The number of nitrogens with one attached hydrogen (secondary N) is 2. The Hall–Kier alpha value is -2.22. The molecule has 1 aliphatic heterocycles. The van der Waals surface area contributed by atoms with Crippen LogP contribution < -0.4 is 15.0 Å². The van der Waals surface area contributed by atoms with E-state index in [-0.39, 0.29) is 23.5 Å². The molecule has 1 fully saturated rings. The van der Waals surface area contributed by atoms with Crippen molar-refractivity contribution in [2.24, 2.45) is 5.92 Å². The second kappa shape index (κ2) is 10.8. The summed E-state index contributed by atoms with van der Waals surface area (Å²) in [6.07, 6.45) is 2.32. The zero-order valence-electron chi connectivity index (χ0n) is 15.5.